The maximum Gasteiger partial charge on any atom is 0.119 e. The molecule has 17 heavy (non-hydrogen) atoms. The molecule has 2 aromatic rings. The smallest absolute Gasteiger partial charge is 0.119 e. The third-order valence-corrected chi connectivity index (χ3v) is 2.77. The fraction of sp³-hybridized carbons (Fsp3) is 0.308. The van der Waals surface area contributed by atoms with Crippen molar-refractivity contribution in [3.63, 3.8) is 0 Å². The van der Waals surface area contributed by atoms with E-state index in [4.69, 9.17) is 4.74 Å². The van der Waals surface area contributed by atoms with Crippen molar-refractivity contribution in [3.05, 3.63) is 36.2 Å². The van der Waals surface area contributed by atoms with Crippen molar-refractivity contribution in [1.82, 2.24) is 9.78 Å². The lowest BCUT2D eigenvalue weighted by atomic mass is 10.0. The highest BCUT2D eigenvalue weighted by Gasteiger charge is 2.07. The van der Waals surface area contributed by atoms with Gasteiger partial charge in [0.15, 0.2) is 0 Å². The van der Waals surface area contributed by atoms with Crippen LogP contribution in [-0.4, -0.2) is 28.6 Å². The van der Waals surface area contributed by atoms with Crippen molar-refractivity contribution in [3.8, 4) is 16.9 Å². The van der Waals surface area contributed by atoms with Gasteiger partial charge in [0.25, 0.3) is 0 Å². The summed E-state index contributed by atoms with van der Waals surface area (Å²) in [7, 11) is 1.67. The number of rotatable bonds is 4. The standard InChI is InChI=1S/C13H16N2O2/c1-10-12(4-3-5-13(10)16)11-8-14-15(9-11)6-7-17-2/h3-5,8-9,16H,6-7H2,1-2H3. The maximum atomic E-state index is 9.66. The molecule has 0 aliphatic rings. The van der Waals surface area contributed by atoms with Crippen LogP contribution >= 0.6 is 0 Å². The topological polar surface area (TPSA) is 47.3 Å². The minimum atomic E-state index is 0.312. The van der Waals surface area contributed by atoms with E-state index in [1.807, 2.05) is 29.9 Å². The van der Waals surface area contributed by atoms with E-state index in [9.17, 15) is 5.11 Å². The summed E-state index contributed by atoms with van der Waals surface area (Å²) in [6.45, 7) is 3.27. The zero-order valence-electron chi connectivity index (χ0n) is 10.1. The highest BCUT2D eigenvalue weighted by atomic mass is 16.5. The molecule has 4 heteroatoms. The van der Waals surface area contributed by atoms with Crippen LogP contribution in [0.1, 0.15) is 5.56 Å². The van der Waals surface area contributed by atoms with Gasteiger partial charge in [-0.1, -0.05) is 12.1 Å². The molecular weight excluding hydrogens is 216 g/mol. The third kappa shape index (κ3) is 2.47. The predicted molar refractivity (Wildman–Crippen MR) is 65.9 cm³/mol. The van der Waals surface area contributed by atoms with Crippen molar-refractivity contribution < 1.29 is 9.84 Å². The van der Waals surface area contributed by atoms with Crippen LogP contribution in [0.15, 0.2) is 30.6 Å². The fourth-order valence-electron chi connectivity index (χ4n) is 1.75. The quantitative estimate of drug-likeness (QED) is 0.879. The Balaban J connectivity index is 2.27. The van der Waals surface area contributed by atoms with Crippen LogP contribution in [0.25, 0.3) is 11.1 Å². The van der Waals surface area contributed by atoms with Crippen LogP contribution in [0.4, 0.5) is 0 Å². The van der Waals surface area contributed by atoms with Crippen molar-refractivity contribution in [2.24, 2.45) is 0 Å². The lowest BCUT2D eigenvalue weighted by Gasteiger charge is -2.04. The molecule has 0 radical (unpaired) electrons. The molecule has 1 aromatic carbocycles. The Morgan fingerprint density at radius 2 is 2.24 bits per heavy atom. The molecule has 0 aliphatic heterocycles. The largest absolute Gasteiger partial charge is 0.508 e. The Kier molecular flexibility index (Phi) is 3.44. The Morgan fingerprint density at radius 1 is 1.41 bits per heavy atom. The molecule has 0 aliphatic carbocycles. The molecule has 0 fully saturated rings. The number of ether oxygens (including phenoxy) is 1. The van der Waals surface area contributed by atoms with Crippen LogP contribution in [0.3, 0.4) is 0 Å². The van der Waals surface area contributed by atoms with Crippen molar-refractivity contribution >= 4 is 0 Å². The van der Waals surface area contributed by atoms with Crippen molar-refractivity contribution in [2.45, 2.75) is 13.5 Å². The summed E-state index contributed by atoms with van der Waals surface area (Å²) in [5, 5.41) is 13.9. The molecule has 90 valence electrons. The molecule has 2 rings (SSSR count). The number of hydrogen-bond donors (Lipinski definition) is 1. The van der Waals surface area contributed by atoms with Crippen LogP contribution in [0.5, 0.6) is 5.75 Å². The second kappa shape index (κ2) is 5.01. The molecule has 1 heterocycles. The van der Waals surface area contributed by atoms with Gasteiger partial charge in [-0.2, -0.15) is 5.10 Å². The van der Waals surface area contributed by atoms with Gasteiger partial charge in [-0.3, -0.25) is 4.68 Å². The van der Waals surface area contributed by atoms with Crippen LogP contribution < -0.4 is 0 Å². The van der Waals surface area contributed by atoms with E-state index in [0.29, 0.717) is 12.4 Å². The highest BCUT2D eigenvalue weighted by Crippen LogP contribution is 2.28. The number of methoxy groups -OCH3 is 1. The molecule has 1 aromatic heterocycles. The molecule has 4 nitrogen and oxygen atoms in total. The summed E-state index contributed by atoms with van der Waals surface area (Å²) < 4.78 is 6.84. The van der Waals surface area contributed by atoms with E-state index >= 15 is 0 Å². The monoisotopic (exact) mass is 232 g/mol. The number of aromatic hydroxyl groups is 1. The number of phenolic OH excluding ortho intramolecular Hbond substituents is 1. The minimum absolute atomic E-state index is 0.312. The maximum absolute atomic E-state index is 9.66. The first-order chi connectivity index (χ1) is 8.22. The molecule has 0 spiro atoms. The van der Waals surface area contributed by atoms with E-state index in [2.05, 4.69) is 5.10 Å². The molecule has 0 bridgehead atoms. The Labute approximate surface area is 100 Å². The van der Waals surface area contributed by atoms with Gasteiger partial charge in [0.05, 0.1) is 19.3 Å². The predicted octanol–water partition coefficient (Wildman–Crippen LogP) is 2.21. The van der Waals surface area contributed by atoms with Crippen LogP contribution in [0, 0.1) is 6.92 Å². The average Bonchev–Trinajstić information content (AvgIpc) is 2.78. The first-order valence-corrected chi connectivity index (χ1v) is 5.52. The van der Waals surface area contributed by atoms with Gasteiger partial charge in [0.1, 0.15) is 5.75 Å². The summed E-state index contributed by atoms with van der Waals surface area (Å²) in [6.07, 6.45) is 3.76. The highest BCUT2D eigenvalue weighted by molar-refractivity contribution is 5.68. The van der Waals surface area contributed by atoms with Gasteiger partial charge in [0, 0.05) is 18.9 Å². The van der Waals surface area contributed by atoms with Crippen molar-refractivity contribution in [2.75, 3.05) is 13.7 Å². The van der Waals surface area contributed by atoms with E-state index in [1.54, 1.807) is 19.4 Å². The first kappa shape index (κ1) is 11.7. The Morgan fingerprint density at radius 3 is 3.00 bits per heavy atom. The van der Waals surface area contributed by atoms with Gasteiger partial charge < -0.3 is 9.84 Å². The molecule has 0 atom stereocenters. The van der Waals surface area contributed by atoms with Gasteiger partial charge in [-0.25, -0.2) is 0 Å². The second-order valence-electron chi connectivity index (χ2n) is 3.93. The SMILES string of the molecule is COCCn1cc(-c2cccc(O)c2C)cn1. The van der Waals surface area contributed by atoms with Crippen molar-refractivity contribution in [1.29, 1.82) is 0 Å². The molecule has 0 amide bonds. The molecular formula is C13H16N2O2. The average molecular weight is 232 g/mol. The second-order valence-corrected chi connectivity index (χ2v) is 3.93. The van der Waals surface area contributed by atoms with E-state index in [-0.39, 0.29) is 0 Å². The van der Waals surface area contributed by atoms with E-state index in [1.165, 1.54) is 0 Å². The lowest BCUT2D eigenvalue weighted by Crippen LogP contribution is -2.03. The third-order valence-electron chi connectivity index (χ3n) is 2.77. The number of aromatic nitrogens is 2. The van der Waals surface area contributed by atoms with Gasteiger partial charge in [-0.15, -0.1) is 0 Å². The summed E-state index contributed by atoms with van der Waals surface area (Å²) in [5.41, 5.74) is 2.89. The van der Waals surface area contributed by atoms with Gasteiger partial charge >= 0.3 is 0 Å². The minimum Gasteiger partial charge on any atom is -0.508 e. The van der Waals surface area contributed by atoms with E-state index < -0.39 is 0 Å². The number of nitrogens with zero attached hydrogens (tertiary/aromatic N) is 2. The summed E-state index contributed by atoms with van der Waals surface area (Å²) >= 11 is 0. The normalized spacial score (nSPS) is 10.7. The lowest BCUT2D eigenvalue weighted by molar-refractivity contribution is 0.183. The molecule has 1 N–H and O–H groups in total. The fourth-order valence-corrected chi connectivity index (χ4v) is 1.75. The van der Waals surface area contributed by atoms with Crippen LogP contribution in [0.2, 0.25) is 0 Å². The van der Waals surface area contributed by atoms with Gasteiger partial charge in [-0.05, 0) is 24.1 Å². The Hall–Kier alpha value is -1.81. The number of benzene rings is 1. The molecule has 0 saturated heterocycles. The number of phenols is 1. The molecule has 0 unspecified atom stereocenters. The molecule has 0 saturated carbocycles. The van der Waals surface area contributed by atoms with Gasteiger partial charge in [0.2, 0.25) is 0 Å². The first-order valence-electron chi connectivity index (χ1n) is 5.52. The summed E-state index contributed by atoms with van der Waals surface area (Å²) in [6, 6.07) is 5.51. The Bertz CT molecular complexity index is 506. The van der Waals surface area contributed by atoms with Crippen LogP contribution in [-0.2, 0) is 11.3 Å². The number of hydrogen-bond acceptors (Lipinski definition) is 3. The zero-order chi connectivity index (χ0) is 12.3. The van der Waals surface area contributed by atoms with E-state index in [0.717, 1.165) is 23.2 Å². The summed E-state index contributed by atoms with van der Waals surface area (Å²) in [4.78, 5) is 0. The zero-order valence-corrected chi connectivity index (χ0v) is 10.1. The summed E-state index contributed by atoms with van der Waals surface area (Å²) in [5.74, 6) is 0.312.